The Hall–Kier alpha value is -15.3. The van der Waals surface area contributed by atoms with Gasteiger partial charge in [-0.2, -0.15) is 0 Å². The van der Waals surface area contributed by atoms with Crippen molar-refractivity contribution in [3.8, 4) is 0 Å². The summed E-state index contributed by atoms with van der Waals surface area (Å²) in [5.41, 5.74) is 22.2. The van der Waals surface area contributed by atoms with Crippen molar-refractivity contribution in [2.75, 3.05) is 56.0 Å². The molecular weight excluding hydrogens is 1710 g/mol. The third-order valence-electron chi connectivity index (χ3n) is 26.2. The highest BCUT2D eigenvalue weighted by Crippen LogP contribution is 2.55. The van der Waals surface area contributed by atoms with Gasteiger partial charge in [-0.1, -0.05) is 122 Å². The lowest BCUT2D eigenvalue weighted by Gasteiger charge is -2.33. The van der Waals surface area contributed by atoms with E-state index in [2.05, 4.69) is 135 Å². The first-order valence-corrected chi connectivity index (χ1v) is 44.7. The maximum absolute atomic E-state index is 8.80. The van der Waals surface area contributed by atoms with Crippen LogP contribution in [0.2, 0.25) is 0 Å². The highest BCUT2D eigenvalue weighted by Gasteiger charge is 2.44. The van der Waals surface area contributed by atoms with Crippen molar-refractivity contribution in [2.24, 2.45) is 0 Å². The summed E-state index contributed by atoms with van der Waals surface area (Å²) in [6.45, 7) is 23.4. The van der Waals surface area contributed by atoms with Crippen molar-refractivity contribution in [3.05, 3.63) is 284 Å². The molecule has 0 spiro atoms. The molecule has 25 rings (SSSR count). The van der Waals surface area contributed by atoms with E-state index in [1.165, 1.54) is 18.7 Å². The molecule has 7 unspecified atom stereocenters. The minimum Gasteiger partial charge on any atom is -0.435 e. The number of benzene rings is 7. The van der Waals surface area contributed by atoms with Crippen LogP contribution in [0, 0.1) is 34.6 Å². The third-order valence-corrected chi connectivity index (χ3v) is 26.2. The molecule has 5 aliphatic rings. The molecule has 23 nitrogen and oxygen atoms in total. The van der Waals surface area contributed by atoms with Crippen LogP contribution in [0.3, 0.4) is 0 Å². The summed E-state index contributed by atoms with van der Waals surface area (Å²) in [7, 11) is 0. The summed E-state index contributed by atoms with van der Waals surface area (Å²) in [6.07, 6.45) is 12.3. The minimum absolute atomic E-state index is 0. The molecule has 7 atom stereocenters. The lowest BCUT2D eigenvalue weighted by molar-refractivity contribution is 0.601. The lowest BCUT2D eigenvalue weighted by Crippen LogP contribution is -2.42. The number of aryl methyl sites for hydroxylation is 5. The van der Waals surface area contributed by atoms with Crippen molar-refractivity contribution >= 4 is 196 Å². The van der Waals surface area contributed by atoms with E-state index in [0.29, 0.717) is 74.0 Å². The van der Waals surface area contributed by atoms with Gasteiger partial charge < -0.3 is 71.1 Å². The van der Waals surface area contributed by atoms with Crippen molar-refractivity contribution in [2.45, 2.75) is 217 Å². The van der Waals surface area contributed by atoms with Crippen molar-refractivity contribution in [1.29, 1.82) is 0 Å². The molecule has 0 N–H and O–H groups in total. The first kappa shape index (κ1) is 80.1. The normalized spacial score (nSPS) is 18.8. The van der Waals surface area contributed by atoms with Crippen LogP contribution in [-0.4, -0.2) is 102 Å². The predicted molar refractivity (Wildman–Crippen MR) is 577 cm³/mol. The van der Waals surface area contributed by atoms with Crippen LogP contribution in [0.4, 0.5) is 85.7 Å². The van der Waals surface area contributed by atoms with E-state index in [1.54, 1.807) is 77.6 Å². The fraction of sp³-hybridized carbons (Fsp3) is 0.287. The molecule has 0 saturated heterocycles. The molecule has 0 bridgehead atoms. The molecule has 138 heavy (non-hydrogen) atoms. The van der Waals surface area contributed by atoms with Gasteiger partial charge in [-0.25, -0.2) is 39.9 Å². The number of anilines is 15. The number of aromatic nitrogens is 8. The van der Waals surface area contributed by atoms with Crippen LogP contribution < -0.4 is 49.0 Å². The number of hydrogen-bond donors (Lipinski definition) is 0. The Morgan fingerprint density at radius 2 is 0.471 bits per heavy atom. The number of pyridine rings is 8. The largest absolute Gasteiger partial charge is 0.435 e. The first-order valence-electron chi connectivity index (χ1n) is 51.2. The van der Waals surface area contributed by atoms with Gasteiger partial charge in [-0.15, -0.1) is 0 Å². The van der Waals surface area contributed by atoms with Crippen LogP contribution in [-0.2, 0) is 0 Å². The summed E-state index contributed by atoms with van der Waals surface area (Å²) < 4.78 is 138. The van der Waals surface area contributed by atoms with Gasteiger partial charge >= 0.3 is 0 Å². The van der Waals surface area contributed by atoms with Gasteiger partial charge in [0, 0.05) is 147 Å². The van der Waals surface area contributed by atoms with E-state index in [4.69, 9.17) is 39.9 Å². The second-order valence-corrected chi connectivity index (χ2v) is 34.8. The molecule has 0 fully saturated rings. The van der Waals surface area contributed by atoms with Gasteiger partial charge in [-0.05, 0) is 274 Å². The highest BCUT2D eigenvalue weighted by molar-refractivity contribution is 6.15. The minimum atomic E-state index is -2.52. The summed E-state index contributed by atoms with van der Waals surface area (Å²) in [4.78, 5) is 55.0. The Bertz CT molecular complexity index is 7880. The number of nitrogens with zero attached hydrogens (tertiary/aromatic N) is 18. The summed E-state index contributed by atoms with van der Waals surface area (Å²) in [5, 5.41) is 9.74. The summed E-state index contributed by atoms with van der Waals surface area (Å²) >= 11 is 0. The van der Waals surface area contributed by atoms with Crippen molar-refractivity contribution in [3.63, 3.8) is 0 Å². The maximum Gasteiger partial charge on any atom is 0.227 e. The molecule has 0 saturated carbocycles. The molecule has 0 aliphatic carbocycles. The van der Waals surface area contributed by atoms with Gasteiger partial charge in [0.15, 0.2) is 45.4 Å². The van der Waals surface area contributed by atoms with Gasteiger partial charge in [0.1, 0.15) is 30.8 Å². The summed E-state index contributed by atoms with van der Waals surface area (Å²) in [5.74, 6) is 2.05. The lowest BCUT2D eigenvalue weighted by atomic mass is 10.1. The number of para-hydroxylation sites is 4. The van der Waals surface area contributed by atoms with Crippen LogP contribution >= 0.6 is 0 Å². The van der Waals surface area contributed by atoms with E-state index >= 15 is 0 Å². The molecule has 0 amide bonds. The number of hydrogen-bond acceptors (Lipinski definition) is 23. The van der Waals surface area contributed by atoms with Crippen molar-refractivity contribution in [1.82, 2.24) is 39.9 Å². The molecule has 5 aliphatic heterocycles. The Morgan fingerprint density at radius 1 is 0.246 bits per heavy atom. The van der Waals surface area contributed by atoms with Crippen LogP contribution in [0.5, 0.6) is 0 Å². The van der Waals surface area contributed by atoms with Gasteiger partial charge in [-0.3, -0.25) is 0 Å². The van der Waals surface area contributed by atoms with Crippen LogP contribution in [0.15, 0.2) is 278 Å². The number of furan rings is 5. The zero-order chi connectivity index (χ0) is 103. The van der Waals surface area contributed by atoms with Gasteiger partial charge in [0.25, 0.3) is 0 Å². The first-order chi connectivity index (χ1) is 69.4. The smallest absolute Gasteiger partial charge is 0.227 e. The molecule has 0 radical (unpaired) electrons. The third kappa shape index (κ3) is 15.4. The topological polar surface area (TPSA) is 201 Å². The van der Waals surface area contributed by atoms with Crippen LogP contribution in [0.25, 0.3) is 110 Å². The molecule has 23 heteroatoms. The monoisotopic (exact) mass is 1850 g/mol. The Morgan fingerprint density at radius 3 is 0.761 bits per heavy atom. The quantitative estimate of drug-likeness (QED) is 0.132. The zero-order valence-corrected chi connectivity index (χ0v) is 76.7. The Labute approximate surface area is 827 Å². The summed E-state index contributed by atoms with van der Waals surface area (Å²) in [6, 6.07) is 61.9. The highest BCUT2D eigenvalue weighted by atomic mass is 16.4. The van der Waals surface area contributed by atoms with E-state index in [9.17, 15) is 0 Å². The fourth-order valence-electron chi connectivity index (χ4n) is 20.5. The average molecular weight is 1860 g/mol. The zero-order valence-electron chi connectivity index (χ0n) is 89.7. The predicted octanol–water partition coefficient (Wildman–Crippen LogP) is 30.6. The van der Waals surface area contributed by atoms with Gasteiger partial charge in [0.2, 0.25) is 28.6 Å². The average Bonchev–Trinajstić information content (AvgIpc) is 1.57. The molecule has 13 aromatic heterocycles. The Balaban J connectivity index is 0.000000133. The Kier molecular flexibility index (Phi) is 21.9. The van der Waals surface area contributed by atoms with E-state index in [0.717, 1.165) is 150 Å². The van der Waals surface area contributed by atoms with E-state index in [1.807, 2.05) is 225 Å². The van der Waals surface area contributed by atoms with Crippen LogP contribution in [0.1, 0.15) is 173 Å². The second-order valence-electron chi connectivity index (χ2n) is 34.8. The SMILES string of the molecule is C.C.C.C.C.[2H]C(C)(C)N1c2ccccc2N(c2c(C)ccc3c2oc2ncccc23)C1C.[2H]C(C)(C)N1c2cccnc2N(c2c(C)ccc3c2oc2ncccc23)C1C.[2H]C([2H])([2H])C([2H])(C)N1c2ccccc2N(c2c(C)ccc3c2oc2ncccc23)C1C.[2H]C([2H])([2H])C([2H])(C)N1c2cccnc2N(c2c(C)ccc3c2oc2ncccc23)C1C.[2H]C([2H])([2H])N1c2cccnc2N(c2c(C)ccc3c2oc2ncccc23)C1C. The second kappa shape index (κ2) is 37.8. The molecule has 18 heterocycles. The van der Waals surface area contributed by atoms with E-state index in [-0.39, 0.29) is 49.5 Å². The molecular formula is C115H128N18O5. The van der Waals surface area contributed by atoms with Gasteiger partial charge in [0.05, 0.1) is 73.7 Å². The maximum atomic E-state index is 8.80. The number of fused-ring (bicyclic) bond motifs is 20. The molecule has 708 valence electrons. The fourth-order valence-corrected chi connectivity index (χ4v) is 20.5. The molecule has 20 aromatic rings. The standard InChI is InChI=1S/2C23H23N3O.2C22H22N4O.C20H18N4O.5CH4/c2*1-14(2)25-16(4)26(20-10-6-5-9-19(20)25)21-15(3)11-12-17-18-8-7-13-24-23(18)27-22(17)21;2*1-13(2)25-15(4)26(21-18(25)8-6-11-23-21)19-14(3)9-10-16-17-7-5-12-24-22(17)27-20(16)19;1-12-8-9-14-15-6-4-11-22-20(15)25-18(14)17(12)24-13(2)23(3)16-7-5-10-21-19(16)24;;;;;/h2*5-14,16H,1-4H3;2*5-13,15H,1-4H3;4-11,13H,1-3H3;5*1H4/i1D3,14D;14D;1D3,13D;13D;3D3;;;;;. The van der Waals surface area contributed by atoms with E-state index < -0.39 is 63.2 Å². The number of rotatable bonds is 9. The van der Waals surface area contributed by atoms with Crippen molar-refractivity contribution < 1.29 is 39.9 Å². The molecule has 7 aromatic carbocycles.